The standard InChI is InChI=1S/C11H11NO4S/c1-2-9-3-5-10(6-4-9)16-17(13,14)11-7-8-15-12-11/h3-8H,2H2,1H3. The van der Waals surface area contributed by atoms with E-state index in [1.165, 1.54) is 12.3 Å². The second-order valence-corrected chi connectivity index (χ2v) is 4.87. The number of benzene rings is 1. The Bertz CT molecular complexity index is 572. The monoisotopic (exact) mass is 253 g/mol. The Morgan fingerprint density at radius 3 is 2.47 bits per heavy atom. The van der Waals surface area contributed by atoms with Crippen molar-refractivity contribution in [3.05, 3.63) is 42.2 Å². The average molecular weight is 253 g/mol. The molecule has 17 heavy (non-hydrogen) atoms. The first-order valence-corrected chi connectivity index (χ1v) is 6.46. The molecule has 6 heteroatoms. The fourth-order valence-corrected chi connectivity index (χ4v) is 2.09. The van der Waals surface area contributed by atoms with Crippen LogP contribution in [0.15, 0.2) is 46.1 Å². The highest BCUT2D eigenvalue weighted by molar-refractivity contribution is 7.87. The summed E-state index contributed by atoms with van der Waals surface area (Å²) in [6.45, 7) is 2.02. The fourth-order valence-electron chi connectivity index (χ4n) is 1.28. The third-order valence-electron chi connectivity index (χ3n) is 2.21. The Labute approximate surface area is 99.1 Å². The van der Waals surface area contributed by atoms with Crippen LogP contribution in [0.3, 0.4) is 0 Å². The number of nitrogens with zero attached hydrogens (tertiary/aromatic N) is 1. The number of hydrogen-bond acceptors (Lipinski definition) is 5. The molecule has 0 bridgehead atoms. The molecule has 1 heterocycles. The molecule has 0 saturated carbocycles. The lowest BCUT2D eigenvalue weighted by Crippen LogP contribution is -2.09. The zero-order chi connectivity index (χ0) is 12.3. The number of aromatic nitrogens is 1. The Balaban J connectivity index is 2.21. The van der Waals surface area contributed by atoms with E-state index >= 15 is 0 Å². The first-order valence-electron chi connectivity index (χ1n) is 5.05. The fraction of sp³-hybridized carbons (Fsp3) is 0.182. The van der Waals surface area contributed by atoms with Gasteiger partial charge in [-0.15, -0.1) is 0 Å². The number of hydrogen-bond donors (Lipinski definition) is 0. The van der Waals surface area contributed by atoms with E-state index in [0.717, 1.165) is 12.0 Å². The molecule has 0 N–H and O–H groups in total. The van der Waals surface area contributed by atoms with E-state index in [1.54, 1.807) is 12.1 Å². The van der Waals surface area contributed by atoms with Gasteiger partial charge in [-0.2, -0.15) is 8.42 Å². The summed E-state index contributed by atoms with van der Waals surface area (Å²) in [4.78, 5) is 0. The molecule has 0 spiro atoms. The summed E-state index contributed by atoms with van der Waals surface area (Å²) in [5, 5.41) is 3.09. The molecular weight excluding hydrogens is 242 g/mol. The van der Waals surface area contributed by atoms with Crippen LogP contribution in [0.4, 0.5) is 0 Å². The minimum Gasteiger partial charge on any atom is -0.378 e. The van der Waals surface area contributed by atoms with Crippen LogP contribution in [0.5, 0.6) is 5.75 Å². The van der Waals surface area contributed by atoms with Crippen LogP contribution in [0, 0.1) is 0 Å². The van der Waals surface area contributed by atoms with Crippen LogP contribution in [0.2, 0.25) is 0 Å². The maximum absolute atomic E-state index is 11.7. The van der Waals surface area contributed by atoms with Gasteiger partial charge >= 0.3 is 10.1 Å². The largest absolute Gasteiger partial charge is 0.378 e. The normalized spacial score (nSPS) is 11.4. The predicted octanol–water partition coefficient (Wildman–Crippen LogP) is 2.00. The predicted molar refractivity (Wildman–Crippen MR) is 60.1 cm³/mol. The van der Waals surface area contributed by atoms with Crippen molar-refractivity contribution in [1.82, 2.24) is 5.16 Å². The van der Waals surface area contributed by atoms with Crippen molar-refractivity contribution in [2.24, 2.45) is 0 Å². The summed E-state index contributed by atoms with van der Waals surface area (Å²) < 4.78 is 32.7. The molecule has 1 aromatic carbocycles. The highest BCUT2D eigenvalue weighted by Gasteiger charge is 2.19. The summed E-state index contributed by atoms with van der Waals surface area (Å²) in [5.74, 6) is 0.255. The van der Waals surface area contributed by atoms with Crippen molar-refractivity contribution in [3.63, 3.8) is 0 Å². The van der Waals surface area contributed by atoms with Gasteiger partial charge in [0.2, 0.25) is 5.03 Å². The van der Waals surface area contributed by atoms with Gasteiger partial charge < -0.3 is 8.71 Å². The molecular formula is C11H11NO4S. The topological polar surface area (TPSA) is 69.4 Å². The van der Waals surface area contributed by atoms with Crippen LogP contribution in [-0.2, 0) is 16.5 Å². The van der Waals surface area contributed by atoms with Crippen molar-refractivity contribution in [3.8, 4) is 5.75 Å². The molecule has 90 valence electrons. The third-order valence-corrected chi connectivity index (χ3v) is 3.34. The minimum atomic E-state index is -3.89. The summed E-state index contributed by atoms with van der Waals surface area (Å²) >= 11 is 0. The van der Waals surface area contributed by atoms with Gasteiger partial charge in [0, 0.05) is 6.07 Å². The van der Waals surface area contributed by atoms with Gasteiger partial charge in [-0.3, -0.25) is 0 Å². The van der Waals surface area contributed by atoms with Crippen LogP contribution in [0.25, 0.3) is 0 Å². The van der Waals surface area contributed by atoms with E-state index in [1.807, 2.05) is 19.1 Å². The van der Waals surface area contributed by atoms with Gasteiger partial charge in [-0.05, 0) is 24.1 Å². The van der Waals surface area contributed by atoms with Crippen molar-refractivity contribution in [1.29, 1.82) is 0 Å². The van der Waals surface area contributed by atoms with E-state index < -0.39 is 10.1 Å². The number of aryl methyl sites for hydroxylation is 1. The first-order chi connectivity index (χ1) is 8.12. The minimum absolute atomic E-state index is 0.239. The van der Waals surface area contributed by atoms with Gasteiger partial charge in [0.25, 0.3) is 0 Å². The van der Waals surface area contributed by atoms with Gasteiger partial charge in [-0.25, -0.2) is 0 Å². The van der Waals surface area contributed by atoms with Crippen LogP contribution in [0.1, 0.15) is 12.5 Å². The molecule has 0 fully saturated rings. The molecule has 1 aromatic heterocycles. The van der Waals surface area contributed by atoms with E-state index in [0.29, 0.717) is 0 Å². The molecule has 0 aliphatic heterocycles. The third kappa shape index (κ3) is 2.65. The Kier molecular flexibility index (Phi) is 3.14. The molecule has 2 aromatic rings. The van der Waals surface area contributed by atoms with Gasteiger partial charge in [0.05, 0.1) is 0 Å². The molecule has 2 rings (SSSR count). The van der Waals surface area contributed by atoms with Gasteiger partial charge in [0.1, 0.15) is 12.0 Å². The van der Waals surface area contributed by atoms with E-state index in [9.17, 15) is 8.42 Å². The maximum atomic E-state index is 11.7. The van der Waals surface area contributed by atoms with Crippen molar-refractivity contribution in [2.45, 2.75) is 18.4 Å². The van der Waals surface area contributed by atoms with Gasteiger partial charge in [-0.1, -0.05) is 24.2 Å². The smallest absolute Gasteiger partial charge is 0.360 e. The average Bonchev–Trinajstić information content (AvgIpc) is 2.84. The van der Waals surface area contributed by atoms with E-state index in [4.69, 9.17) is 4.18 Å². The summed E-state index contributed by atoms with van der Waals surface area (Å²) in [5.41, 5.74) is 1.11. The van der Waals surface area contributed by atoms with E-state index in [-0.39, 0.29) is 10.8 Å². The van der Waals surface area contributed by atoms with E-state index in [2.05, 4.69) is 9.68 Å². The van der Waals surface area contributed by atoms with Crippen molar-refractivity contribution >= 4 is 10.1 Å². The molecule has 0 saturated heterocycles. The Morgan fingerprint density at radius 1 is 1.24 bits per heavy atom. The van der Waals surface area contributed by atoms with Crippen LogP contribution >= 0.6 is 0 Å². The quantitative estimate of drug-likeness (QED) is 0.779. The zero-order valence-corrected chi connectivity index (χ0v) is 9.98. The van der Waals surface area contributed by atoms with Crippen molar-refractivity contribution in [2.75, 3.05) is 0 Å². The summed E-state index contributed by atoms with van der Waals surface area (Å²) in [6.07, 6.45) is 2.06. The first kappa shape index (κ1) is 11.7. The van der Waals surface area contributed by atoms with Crippen LogP contribution in [-0.4, -0.2) is 13.6 Å². The lowest BCUT2D eigenvalue weighted by molar-refractivity contribution is 0.393. The highest BCUT2D eigenvalue weighted by Crippen LogP contribution is 2.18. The van der Waals surface area contributed by atoms with Crippen LogP contribution < -0.4 is 4.18 Å². The molecule has 0 atom stereocenters. The Morgan fingerprint density at radius 2 is 1.94 bits per heavy atom. The lowest BCUT2D eigenvalue weighted by atomic mass is 10.2. The molecule has 0 radical (unpaired) electrons. The second-order valence-electron chi connectivity index (χ2n) is 3.37. The maximum Gasteiger partial charge on any atom is 0.360 e. The lowest BCUT2D eigenvalue weighted by Gasteiger charge is -2.04. The molecule has 0 amide bonds. The molecule has 0 aliphatic carbocycles. The molecule has 0 unspecified atom stereocenters. The number of rotatable bonds is 4. The summed E-state index contributed by atoms with van der Waals surface area (Å²) in [6, 6.07) is 8.07. The SMILES string of the molecule is CCc1ccc(OS(=O)(=O)c2ccon2)cc1. The highest BCUT2D eigenvalue weighted by atomic mass is 32.2. The molecule has 5 nitrogen and oxygen atoms in total. The Hall–Kier alpha value is -1.82. The van der Waals surface area contributed by atoms with Gasteiger partial charge in [0.15, 0.2) is 0 Å². The summed E-state index contributed by atoms with van der Waals surface area (Å²) in [7, 11) is -3.89. The van der Waals surface area contributed by atoms with Crippen molar-refractivity contribution < 1.29 is 17.1 Å². The zero-order valence-electron chi connectivity index (χ0n) is 9.16. The second kappa shape index (κ2) is 4.58. The molecule has 0 aliphatic rings.